The van der Waals surface area contributed by atoms with Gasteiger partial charge in [-0.15, -0.1) is 0 Å². The molecular weight excluding hydrogens is 417 g/mol. The average molecular weight is 432 g/mol. The van der Waals surface area contributed by atoms with E-state index in [4.69, 9.17) is 17.3 Å². The predicted molar refractivity (Wildman–Crippen MR) is 117 cm³/mol. The number of benzene rings is 1. The van der Waals surface area contributed by atoms with Crippen molar-refractivity contribution in [3.8, 4) is 22.6 Å². The molecule has 0 bridgehead atoms. The Morgan fingerprint density at radius 1 is 0.968 bits per heavy atom. The number of pyridine rings is 2. The topological polar surface area (TPSA) is 95.4 Å². The van der Waals surface area contributed by atoms with Gasteiger partial charge in [0, 0.05) is 24.2 Å². The van der Waals surface area contributed by atoms with Gasteiger partial charge in [-0.2, -0.15) is 5.10 Å². The van der Waals surface area contributed by atoms with E-state index in [-0.39, 0.29) is 29.2 Å². The Hall–Kier alpha value is -3.91. The molecule has 0 aliphatic rings. The normalized spacial score (nSPS) is 11.2. The molecule has 0 aliphatic carbocycles. The number of hydrogen-bond acceptors (Lipinski definition) is 6. The number of anilines is 1. The van der Waals surface area contributed by atoms with Crippen LogP contribution in [-0.2, 0) is 6.54 Å². The molecule has 5 rings (SSSR count). The first kappa shape index (κ1) is 19.1. The number of halogens is 2. The largest absolute Gasteiger partial charge is 0.383 e. The minimum atomic E-state index is -0.311. The molecule has 0 unspecified atom stereocenters. The fourth-order valence-corrected chi connectivity index (χ4v) is 3.70. The van der Waals surface area contributed by atoms with Crippen molar-refractivity contribution < 1.29 is 4.39 Å². The molecule has 0 radical (unpaired) electrons. The Morgan fingerprint density at radius 3 is 2.55 bits per heavy atom. The number of rotatable bonds is 4. The number of fused-ring (bicyclic) bond motifs is 1. The highest BCUT2D eigenvalue weighted by Gasteiger charge is 2.20. The second kappa shape index (κ2) is 7.73. The number of nitrogens with zero attached hydrogens (tertiary/aromatic N) is 6. The molecule has 4 aromatic heterocycles. The summed E-state index contributed by atoms with van der Waals surface area (Å²) >= 11 is 6.48. The lowest BCUT2D eigenvalue weighted by Gasteiger charge is -2.08. The van der Waals surface area contributed by atoms with Gasteiger partial charge in [-0.3, -0.25) is 4.98 Å². The molecule has 9 heteroatoms. The van der Waals surface area contributed by atoms with Crippen LogP contribution in [0.25, 0.3) is 33.7 Å². The van der Waals surface area contributed by atoms with Crippen molar-refractivity contribution in [2.75, 3.05) is 5.73 Å². The van der Waals surface area contributed by atoms with Crippen LogP contribution in [0.2, 0.25) is 5.15 Å². The molecule has 1 aromatic carbocycles. The van der Waals surface area contributed by atoms with Gasteiger partial charge in [0.2, 0.25) is 0 Å². The first-order valence-corrected chi connectivity index (χ1v) is 9.78. The summed E-state index contributed by atoms with van der Waals surface area (Å²) in [5.74, 6) is 0.182. The molecule has 0 saturated carbocycles. The maximum atomic E-state index is 14.2. The molecule has 2 N–H and O–H groups in total. The lowest BCUT2D eigenvalue weighted by molar-refractivity contribution is 0.589. The van der Waals surface area contributed by atoms with Gasteiger partial charge >= 0.3 is 0 Å². The van der Waals surface area contributed by atoms with Crippen LogP contribution in [0, 0.1) is 5.82 Å². The summed E-state index contributed by atoms with van der Waals surface area (Å²) in [4.78, 5) is 17.3. The molecular formula is C22H15ClFN7. The van der Waals surface area contributed by atoms with Gasteiger partial charge in [-0.05, 0) is 35.9 Å². The van der Waals surface area contributed by atoms with Crippen LogP contribution in [0.4, 0.5) is 10.2 Å². The Bertz CT molecular complexity index is 1380. The fraction of sp³-hybridized carbons (Fsp3) is 0.0455. The van der Waals surface area contributed by atoms with E-state index in [9.17, 15) is 4.39 Å². The van der Waals surface area contributed by atoms with E-state index in [2.05, 4.69) is 25.0 Å². The Morgan fingerprint density at radius 2 is 1.77 bits per heavy atom. The van der Waals surface area contributed by atoms with Gasteiger partial charge in [-0.1, -0.05) is 29.8 Å². The van der Waals surface area contributed by atoms with Gasteiger partial charge in [0.15, 0.2) is 11.5 Å². The zero-order valence-electron chi connectivity index (χ0n) is 16.1. The van der Waals surface area contributed by atoms with Gasteiger partial charge in [-0.25, -0.2) is 24.0 Å². The summed E-state index contributed by atoms with van der Waals surface area (Å²) in [7, 11) is 0. The Kier molecular flexibility index (Phi) is 4.76. The van der Waals surface area contributed by atoms with E-state index in [1.807, 2.05) is 6.07 Å². The summed E-state index contributed by atoms with van der Waals surface area (Å²) in [5, 5.41) is 5.54. The maximum Gasteiger partial charge on any atom is 0.184 e. The third-order valence-corrected chi connectivity index (χ3v) is 5.13. The van der Waals surface area contributed by atoms with E-state index in [0.717, 1.165) is 5.56 Å². The smallest absolute Gasteiger partial charge is 0.184 e. The molecule has 0 spiro atoms. The summed E-state index contributed by atoms with van der Waals surface area (Å²) < 4.78 is 15.8. The fourth-order valence-electron chi connectivity index (χ4n) is 3.41. The van der Waals surface area contributed by atoms with Crippen molar-refractivity contribution in [3.05, 3.63) is 83.7 Å². The van der Waals surface area contributed by atoms with Crippen LogP contribution in [-0.4, -0.2) is 29.7 Å². The van der Waals surface area contributed by atoms with Crippen molar-refractivity contribution in [1.82, 2.24) is 29.7 Å². The molecule has 5 aromatic rings. The lowest BCUT2D eigenvalue weighted by atomic mass is 10.1. The molecule has 0 saturated heterocycles. The molecule has 0 atom stereocenters. The highest BCUT2D eigenvalue weighted by Crippen LogP contribution is 2.34. The summed E-state index contributed by atoms with van der Waals surface area (Å²) in [6, 6.07) is 13.7. The average Bonchev–Trinajstić information content (AvgIpc) is 3.14. The van der Waals surface area contributed by atoms with Crippen molar-refractivity contribution in [2.24, 2.45) is 0 Å². The highest BCUT2D eigenvalue weighted by molar-refractivity contribution is 6.32. The zero-order valence-corrected chi connectivity index (χ0v) is 16.8. The Balaban J connectivity index is 1.64. The van der Waals surface area contributed by atoms with Crippen LogP contribution in [0.3, 0.4) is 0 Å². The number of aromatic nitrogens is 6. The predicted octanol–water partition coefficient (Wildman–Crippen LogP) is 4.37. The van der Waals surface area contributed by atoms with Crippen LogP contribution < -0.4 is 5.73 Å². The number of nitrogens with two attached hydrogens (primary N) is 1. The Labute approximate surface area is 181 Å². The van der Waals surface area contributed by atoms with Crippen LogP contribution in [0.5, 0.6) is 0 Å². The monoisotopic (exact) mass is 431 g/mol. The van der Waals surface area contributed by atoms with E-state index in [1.54, 1.807) is 59.7 Å². The zero-order chi connectivity index (χ0) is 21.4. The third kappa shape index (κ3) is 3.47. The first-order chi connectivity index (χ1) is 15.1. The van der Waals surface area contributed by atoms with E-state index in [1.165, 1.54) is 6.07 Å². The molecule has 4 heterocycles. The molecule has 0 aliphatic heterocycles. The molecule has 0 fully saturated rings. The van der Waals surface area contributed by atoms with Gasteiger partial charge < -0.3 is 5.73 Å². The van der Waals surface area contributed by atoms with E-state index >= 15 is 0 Å². The maximum absolute atomic E-state index is 14.2. The molecule has 0 amide bonds. The molecule has 7 nitrogen and oxygen atoms in total. The quantitative estimate of drug-likeness (QED) is 0.424. The standard InChI is InChI=1S/C22H15ClFN7/c23-19-17(13-7-10-26-11-8-13)20(25)29-21(28-19)18-15-5-3-9-27-22(15)31(30-18)12-14-4-1-2-6-16(14)24/h1-11H,12H2,(H2,25,28,29). The molecule has 31 heavy (non-hydrogen) atoms. The van der Waals surface area contributed by atoms with Crippen LogP contribution in [0.1, 0.15) is 5.56 Å². The van der Waals surface area contributed by atoms with Gasteiger partial charge in [0.1, 0.15) is 22.5 Å². The SMILES string of the molecule is Nc1nc(-c2nn(Cc3ccccc3F)c3ncccc23)nc(Cl)c1-c1ccncc1. The molecule has 152 valence electrons. The summed E-state index contributed by atoms with van der Waals surface area (Å²) in [6.07, 6.45) is 4.94. The van der Waals surface area contributed by atoms with E-state index < -0.39 is 0 Å². The van der Waals surface area contributed by atoms with Crippen molar-refractivity contribution in [3.63, 3.8) is 0 Å². The minimum absolute atomic E-state index is 0.203. The highest BCUT2D eigenvalue weighted by atomic mass is 35.5. The minimum Gasteiger partial charge on any atom is -0.383 e. The van der Waals surface area contributed by atoms with Crippen molar-refractivity contribution >= 4 is 28.5 Å². The van der Waals surface area contributed by atoms with E-state index in [0.29, 0.717) is 27.9 Å². The number of nitrogen functional groups attached to an aromatic ring is 1. The second-order valence-electron chi connectivity index (χ2n) is 6.81. The lowest BCUT2D eigenvalue weighted by Crippen LogP contribution is -2.05. The van der Waals surface area contributed by atoms with Crippen LogP contribution >= 0.6 is 11.6 Å². The summed E-state index contributed by atoms with van der Waals surface area (Å²) in [5.41, 5.74) is 9.07. The van der Waals surface area contributed by atoms with Gasteiger partial charge in [0.05, 0.1) is 17.5 Å². The summed E-state index contributed by atoms with van der Waals surface area (Å²) in [6.45, 7) is 0.207. The first-order valence-electron chi connectivity index (χ1n) is 9.40. The number of hydrogen-bond donors (Lipinski definition) is 1. The third-order valence-electron chi connectivity index (χ3n) is 4.86. The van der Waals surface area contributed by atoms with Crippen molar-refractivity contribution in [2.45, 2.75) is 6.54 Å². The van der Waals surface area contributed by atoms with Crippen molar-refractivity contribution in [1.29, 1.82) is 0 Å². The van der Waals surface area contributed by atoms with Gasteiger partial charge in [0.25, 0.3) is 0 Å². The second-order valence-corrected chi connectivity index (χ2v) is 7.16. The van der Waals surface area contributed by atoms with Crippen LogP contribution in [0.15, 0.2) is 67.1 Å².